The second-order valence-corrected chi connectivity index (χ2v) is 13.7. The third-order valence-corrected chi connectivity index (χ3v) is 9.83. The molecular formula is C31H34FN3O5S. The number of benzene rings is 2. The van der Waals surface area contributed by atoms with E-state index in [1.54, 1.807) is 12.1 Å². The number of sulfonamides is 1. The molecule has 1 aromatic heterocycles. The minimum Gasteiger partial charge on any atom is -0.489 e. The summed E-state index contributed by atoms with van der Waals surface area (Å²) in [4.78, 5) is 18.5. The Balaban J connectivity index is 1.12. The summed E-state index contributed by atoms with van der Waals surface area (Å²) in [6, 6.07) is 14.7. The Bertz CT molecular complexity index is 1640. The van der Waals surface area contributed by atoms with Crippen LogP contribution in [-0.4, -0.2) is 50.4 Å². The first-order valence-electron chi connectivity index (χ1n) is 13.9. The Kier molecular flexibility index (Phi) is 6.81. The van der Waals surface area contributed by atoms with Gasteiger partial charge in [0.1, 0.15) is 24.0 Å². The highest BCUT2D eigenvalue weighted by Crippen LogP contribution is 2.66. The van der Waals surface area contributed by atoms with Gasteiger partial charge in [-0.1, -0.05) is 19.1 Å². The fourth-order valence-corrected chi connectivity index (χ4v) is 7.38. The summed E-state index contributed by atoms with van der Waals surface area (Å²) in [5.74, 6) is 0.449. The van der Waals surface area contributed by atoms with E-state index in [0.717, 1.165) is 59.7 Å². The molecule has 3 aromatic rings. The van der Waals surface area contributed by atoms with Gasteiger partial charge >= 0.3 is 5.97 Å². The first-order chi connectivity index (χ1) is 19.4. The Hall–Kier alpha value is -3.50. The number of hydrogen-bond acceptors (Lipinski definition) is 6. The van der Waals surface area contributed by atoms with Crippen LogP contribution in [0.15, 0.2) is 48.5 Å². The number of pyridine rings is 1. The monoisotopic (exact) mass is 579 g/mol. The average Bonchev–Trinajstić information content (AvgIpc) is 3.19. The van der Waals surface area contributed by atoms with Crippen molar-refractivity contribution < 1.29 is 27.4 Å². The van der Waals surface area contributed by atoms with Crippen LogP contribution in [0.3, 0.4) is 0 Å². The molecule has 2 aromatic carbocycles. The maximum atomic E-state index is 14.8. The molecule has 3 aliphatic rings. The van der Waals surface area contributed by atoms with Crippen LogP contribution in [0.25, 0.3) is 11.1 Å². The molecule has 4 unspecified atom stereocenters. The number of nitrogens with zero attached hydrogens (tertiary/aromatic N) is 2. The molecule has 4 atom stereocenters. The van der Waals surface area contributed by atoms with Crippen LogP contribution in [-0.2, 0) is 33.3 Å². The quantitative estimate of drug-likeness (QED) is 0.389. The van der Waals surface area contributed by atoms with E-state index in [-0.39, 0.29) is 35.6 Å². The molecule has 1 aliphatic heterocycles. The molecule has 1 saturated heterocycles. The van der Waals surface area contributed by atoms with Crippen LogP contribution in [0.4, 0.5) is 10.2 Å². The van der Waals surface area contributed by atoms with E-state index in [1.165, 1.54) is 12.3 Å². The number of carboxylic acids is 1. The van der Waals surface area contributed by atoms with Gasteiger partial charge in [0.15, 0.2) is 0 Å². The van der Waals surface area contributed by atoms with E-state index in [2.05, 4.69) is 9.62 Å². The van der Waals surface area contributed by atoms with Gasteiger partial charge < -0.3 is 14.7 Å². The van der Waals surface area contributed by atoms with Crippen LogP contribution in [0.5, 0.6) is 5.75 Å². The van der Waals surface area contributed by atoms with Crippen molar-refractivity contribution >= 4 is 21.8 Å². The zero-order valence-corrected chi connectivity index (χ0v) is 24.2. The summed E-state index contributed by atoms with van der Waals surface area (Å²) in [7, 11) is -3.21. The number of aliphatic carboxylic acids is 1. The maximum absolute atomic E-state index is 14.8. The predicted molar refractivity (Wildman–Crippen MR) is 154 cm³/mol. The van der Waals surface area contributed by atoms with E-state index >= 15 is 0 Å². The van der Waals surface area contributed by atoms with Crippen molar-refractivity contribution in [3.63, 3.8) is 0 Å². The maximum Gasteiger partial charge on any atom is 0.307 e. The summed E-state index contributed by atoms with van der Waals surface area (Å²) in [6.07, 6.45) is 2.78. The second kappa shape index (κ2) is 10.1. The van der Waals surface area contributed by atoms with Crippen molar-refractivity contribution in [2.24, 2.45) is 17.8 Å². The fraction of sp³-hybridized carbons (Fsp3) is 0.419. The van der Waals surface area contributed by atoms with Crippen LogP contribution < -0.4 is 14.4 Å². The van der Waals surface area contributed by atoms with Crippen LogP contribution in [0.2, 0.25) is 0 Å². The first kappa shape index (κ1) is 27.7. The zero-order chi connectivity index (χ0) is 29.1. The first-order valence-corrected chi connectivity index (χ1v) is 15.8. The molecule has 2 heterocycles. The molecule has 8 nitrogen and oxygen atoms in total. The van der Waals surface area contributed by atoms with E-state index in [9.17, 15) is 22.7 Å². The van der Waals surface area contributed by atoms with Gasteiger partial charge in [-0.2, -0.15) is 0 Å². The topological polar surface area (TPSA) is 109 Å². The van der Waals surface area contributed by atoms with Crippen molar-refractivity contribution in [2.45, 2.75) is 38.7 Å². The lowest BCUT2D eigenvalue weighted by Gasteiger charge is -2.19. The zero-order valence-electron chi connectivity index (χ0n) is 23.4. The lowest BCUT2D eigenvalue weighted by Crippen LogP contribution is -2.30. The highest BCUT2D eigenvalue weighted by atomic mass is 32.2. The van der Waals surface area contributed by atoms with Crippen molar-refractivity contribution in [3.05, 3.63) is 76.7 Å². The van der Waals surface area contributed by atoms with Crippen LogP contribution in [0.1, 0.15) is 35.7 Å². The molecular weight excluding hydrogens is 545 g/mol. The number of aromatic nitrogens is 1. The Labute approximate surface area is 239 Å². The van der Waals surface area contributed by atoms with Crippen molar-refractivity contribution in [1.29, 1.82) is 0 Å². The smallest absolute Gasteiger partial charge is 0.307 e. The molecule has 0 radical (unpaired) electrons. The minimum absolute atomic E-state index is 0.0676. The number of fused-ring (bicyclic) bond motifs is 3. The highest BCUT2D eigenvalue weighted by molar-refractivity contribution is 7.88. The summed E-state index contributed by atoms with van der Waals surface area (Å²) >= 11 is 0. The van der Waals surface area contributed by atoms with Crippen molar-refractivity contribution in [3.8, 4) is 16.9 Å². The number of hydrogen-bond donors (Lipinski definition) is 2. The van der Waals surface area contributed by atoms with Gasteiger partial charge in [0.2, 0.25) is 10.0 Å². The molecule has 41 heavy (non-hydrogen) atoms. The number of anilines is 1. The number of carboxylic acid groups (broad SMARTS) is 1. The van der Waals surface area contributed by atoms with E-state index < -0.39 is 16.0 Å². The fourth-order valence-electron chi connectivity index (χ4n) is 6.84. The molecule has 2 aliphatic carbocycles. The largest absolute Gasteiger partial charge is 0.489 e. The van der Waals surface area contributed by atoms with Gasteiger partial charge in [0.25, 0.3) is 0 Å². The van der Waals surface area contributed by atoms with Gasteiger partial charge in [0, 0.05) is 41.9 Å². The van der Waals surface area contributed by atoms with Gasteiger partial charge in [0.05, 0.1) is 12.2 Å². The molecule has 0 amide bonds. The van der Waals surface area contributed by atoms with Crippen molar-refractivity contribution in [1.82, 2.24) is 9.71 Å². The number of aryl methyl sites for hydroxylation is 1. The lowest BCUT2D eigenvalue weighted by molar-refractivity contribution is -0.139. The summed E-state index contributed by atoms with van der Waals surface area (Å²) < 4.78 is 46.2. The lowest BCUT2D eigenvalue weighted by atomic mass is 9.93. The van der Waals surface area contributed by atoms with E-state index in [4.69, 9.17) is 9.72 Å². The number of rotatable bonds is 9. The molecule has 216 valence electrons. The Morgan fingerprint density at radius 2 is 2.02 bits per heavy atom. The third kappa shape index (κ3) is 5.19. The molecule has 0 bridgehead atoms. The predicted octanol–water partition coefficient (Wildman–Crippen LogP) is 4.30. The molecule has 6 rings (SSSR count). The van der Waals surface area contributed by atoms with Gasteiger partial charge in [-0.15, -0.1) is 0 Å². The third-order valence-electron chi connectivity index (χ3n) is 9.14. The molecule has 1 saturated carbocycles. The average molecular weight is 580 g/mol. The summed E-state index contributed by atoms with van der Waals surface area (Å²) in [6.45, 7) is 5.98. The summed E-state index contributed by atoms with van der Waals surface area (Å²) in [5, 5.41) is 9.49. The normalized spacial score (nSPS) is 24.7. The van der Waals surface area contributed by atoms with Crippen molar-refractivity contribution in [2.75, 3.05) is 30.8 Å². The van der Waals surface area contributed by atoms with Gasteiger partial charge in [-0.3, -0.25) is 4.79 Å². The molecule has 0 spiro atoms. The second-order valence-electron chi connectivity index (χ2n) is 11.8. The SMILES string of the molecule is Cc1nc(N2CCC(CNS(C)(=O)=O)C2)ccc1-c1ccc(F)c(COc2ccc3c(c2)CC2C(C(=O)O)C32C)c1. The standard InChI is InChI=1S/C31H34FN3O5S/c1-18-24(6-9-28(34-18)35-11-10-19(16-35)15-33-41(3,38)39)20-4-8-27(32)22(12-20)17-40-23-5-7-25-21(13-23)14-26-29(30(36)37)31(25,26)2/h4-9,12-13,19,26,29,33H,10-11,14-17H2,1-3H3,(H,36,37). The van der Waals surface area contributed by atoms with E-state index in [1.807, 2.05) is 44.2 Å². The van der Waals surface area contributed by atoms with Gasteiger partial charge in [-0.05, 0) is 84.7 Å². The van der Waals surface area contributed by atoms with Gasteiger partial charge in [-0.25, -0.2) is 22.5 Å². The molecule has 2 N–H and O–H groups in total. The number of halogens is 1. The van der Waals surface area contributed by atoms with Crippen LogP contribution >= 0.6 is 0 Å². The van der Waals surface area contributed by atoms with E-state index in [0.29, 0.717) is 17.9 Å². The number of ether oxygens (including phenoxy) is 1. The Morgan fingerprint density at radius 3 is 2.76 bits per heavy atom. The minimum atomic E-state index is -3.21. The molecule has 10 heteroatoms. The summed E-state index contributed by atoms with van der Waals surface area (Å²) in [5.41, 5.74) is 4.91. The highest BCUT2D eigenvalue weighted by Gasteiger charge is 2.69. The number of carbonyl (C=O) groups is 1. The molecule has 2 fully saturated rings. The van der Waals surface area contributed by atoms with Crippen LogP contribution in [0, 0.1) is 30.5 Å². The number of nitrogens with one attached hydrogen (secondary N) is 1. The Morgan fingerprint density at radius 1 is 1.22 bits per heavy atom.